The third kappa shape index (κ3) is 5.53. The van der Waals surface area contributed by atoms with Crippen LogP contribution in [0.4, 0.5) is 10.5 Å². The van der Waals surface area contributed by atoms with Crippen LogP contribution in [0.2, 0.25) is 0 Å². The molecule has 2 aromatic carbocycles. The molecule has 0 fully saturated rings. The van der Waals surface area contributed by atoms with Gasteiger partial charge in [-0.1, -0.05) is 19.1 Å². The summed E-state index contributed by atoms with van der Waals surface area (Å²) in [6, 6.07) is 11.9. The normalized spacial score (nSPS) is 10.2. The van der Waals surface area contributed by atoms with Gasteiger partial charge in [-0.3, -0.25) is 4.79 Å². The number of benzene rings is 2. The van der Waals surface area contributed by atoms with Crippen molar-refractivity contribution in [2.75, 3.05) is 11.9 Å². The SMILES string of the molecule is CCCOc1ccc(CNC(=O)Nc2cccc(C(N)=O)c2)c(C)c1. The molecule has 0 aliphatic carbocycles. The summed E-state index contributed by atoms with van der Waals surface area (Å²) in [5.41, 5.74) is 8.13. The lowest BCUT2D eigenvalue weighted by Crippen LogP contribution is -2.28. The number of ether oxygens (including phenoxy) is 1. The molecule has 0 spiro atoms. The van der Waals surface area contributed by atoms with Gasteiger partial charge < -0.3 is 21.1 Å². The van der Waals surface area contributed by atoms with E-state index in [0.29, 0.717) is 24.4 Å². The number of hydrogen-bond donors (Lipinski definition) is 3. The smallest absolute Gasteiger partial charge is 0.319 e. The summed E-state index contributed by atoms with van der Waals surface area (Å²) in [5, 5.41) is 5.48. The van der Waals surface area contributed by atoms with Gasteiger partial charge in [0.05, 0.1) is 6.61 Å². The van der Waals surface area contributed by atoms with Crippen molar-refractivity contribution in [3.8, 4) is 5.75 Å². The molecule has 3 amide bonds. The first kappa shape index (κ1) is 18.3. The van der Waals surface area contributed by atoms with E-state index in [1.807, 2.05) is 25.1 Å². The van der Waals surface area contributed by atoms with Crippen molar-refractivity contribution in [3.05, 3.63) is 59.2 Å². The van der Waals surface area contributed by atoms with E-state index in [0.717, 1.165) is 23.3 Å². The predicted octanol–water partition coefficient (Wildman–Crippen LogP) is 3.20. The number of hydrogen-bond acceptors (Lipinski definition) is 3. The second kappa shape index (κ2) is 8.73. The van der Waals surface area contributed by atoms with Crippen LogP contribution >= 0.6 is 0 Å². The van der Waals surface area contributed by atoms with Gasteiger partial charge in [0.1, 0.15) is 5.75 Å². The van der Waals surface area contributed by atoms with E-state index in [9.17, 15) is 9.59 Å². The molecule has 0 radical (unpaired) electrons. The maximum absolute atomic E-state index is 12.0. The number of anilines is 1. The Hall–Kier alpha value is -3.02. The topological polar surface area (TPSA) is 93.4 Å². The Balaban J connectivity index is 1.91. The number of nitrogens with one attached hydrogen (secondary N) is 2. The number of rotatable bonds is 7. The lowest BCUT2D eigenvalue weighted by Gasteiger charge is -2.12. The highest BCUT2D eigenvalue weighted by Gasteiger charge is 2.06. The molecule has 0 unspecified atom stereocenters. The highest BCUT2D eigenvalue weighted by atomic mass is 16.5. The first-order valence-corrected chi connectivity index (χ1v) is 8.16. The van der Waals surface area contributed by atoms with Crippen LogP contribution in [0.1, 0.15) is 34.8 Å². The summed E-state index contributed by atoms with van der Waals surface area (Å²) in [7, 11) is 0. The highest BCUT2D eigenvalue weighted by Crippen LogP contribution is 2.17. The van der Waals surface area contributed by atoms with Crippen molar-refractivity contribution in [2.24, 2.45) is 5.73 Å². The minimum atomic E-state index is -0.537. The average molecular weight is 341 g/mol. The molecular formula is C19H23N3O3. The molecule has 0 saturated heterocycles. The molecule has 2 aromatic rings. The van der Waals surface area contributed by atoms with E-state index in [1.54, 1.807) is 18.2 Å². The summed E-state index contributed by atoms with van der Waals surface area (Å²) >= 11 is 0. The van der Waals surface area contributed by atoms with Crippen LogP contribution in [-0.4, -0.2) is 18.5 Å². The Labute approximate surface area is 147 Å². The van der Waals surface area contributed by atoms with Gasteiger partial charge in [0.2, 0.25) is 5.91 Å². The van der Waals surface area contributed by atoms with Crippen molar-refractivity contribution in [1.82, 2.24) is 5.32 Å². The van der Waals surface area contributed by atoms with E-state index in [-0.39, 0.29) is 6.03 Å². The van der Waals surface area contributed by atoms with Crippen LogP contribution in [0.3, 0.4) is 0 Å². The molecule has 0 aliphatic heterocycles. The average Bonchev–Trinajstić information content (AvgIpc) is 2.59. The summed E-state index contributed by atoms with van der Waals surface area (Å²) in [5.74, 6) is 0.292. The lowest BCUT2D eigenvalue weighted by atomic mass is 10.1. The second-order valence-electron chi connectivity index (χ2n) is 5.69. The first-order chi connectivity index (χ1) is 12.0. The molecule has 6 heteroatoms. The standard InChI is InChI=1S/C19H23N3O3/c1-3-9-25-17-8-7-15(13(2)10-17)12-21-19(24)22-16-6-4-5-14(11-16)18(20)23/h4-8,10-11H,3,9,12H2,1-2H3,(H2,20,23)(H2,21,22,24). The lowest BCUT2D eigenvalue weighted by molar-refractivity contribution is 0.1000. The second-order valence-corrected chi connectivity index (χ2v) is 5.69. The number of carbonyl (C=O) groups is 2. The van der Waals surface area contributed by atoms with E-state index in [4.69, 9.17) is 10.5 Å². The molecule has 6 nitrogen and oxygen atoms in total. The predicted molar refractivity (Wildman–Crippen MR) is 97.8 cm³/mol. The van der Waals surface area contributed by atoms with Crippen molar-refractivity contribution in [1.29, 1.82) is 0 Å². The van der Waals surface area contributed by atoms with Crippen LogP contribution in [-0.2, 0) is 6.54 Å². The van der Waals surface area contributed by atoms with Gasteiger partial charge >= 0.3 is 6.03 Å². The monoisotopic (exact) mass is 341 g/mol. The van der Waals surface area contributed by atoms with Crippen LogP contribution < -0.4 is 21.1 Å². The Morgan fingerprint density at radius 1 is 1.16 bits per heavy atom. The first-order valence-electron chi connectivity index (χ1n) is 8.16. The van der Waals surface area contributed by atoms with Gasteiger partial charge in [-0.15, -0.1) is 0 Å². The number of urea groups is 1. The molecule has 0 aliphatic rings. The number of amides is 3. The summed E-state index contributed by atoms with van der Waals surface area (Å²) in [6.45, 7) is 5.11. The molecule has 4 N–H and O–H groups in total. The molecule has 0 heterocycles. The van der Waals surface area contributed by atoms with Crippen LogP contribution in [0, 0.1) is 6.92 Å². The van der Waals surface area contributed by atoms with Gasteiger partial charge in [-0.05, 0) is 54.8 Å². The molecule has 25 heavy (non-hydrogen) atoms. The Bertz CT molecular complexity index is 759. The fourth-order valence-corrected chi connectivity index (χ4v) is 2.28. The van der Waals surface area contributed by atoms with Crippen molar-refractivity contribution in [3.63, 3.8) is 0 Å². The van der Waals surface area contributed by atoms with Crippen LogP contribution in [0.5, 0.6) is 5.75 Å². The van der Waals surface area contributed by atoms with Crippen molar-refractivity contribution < 1.29 is 14.3 Å². The third-order valence-corrected chi connectivity index (χ3v) is 3.63. The van der Waals surface area contributed by atoms with Gasteiger partial charge in [0.15, 0.2) is 0 Å². The Kier molecular flexibility index (Phi) is 6.39. The molecule has 132 valence electrons. The van der Waals surface area contributed by atoms with Gasteiger partial charge in [-0.25, -0.2) is 4.79 Å². The minimum Gasteiger partial charge on any atom is -0.494 e. The number of carbonyl (C=O) groups excluding carboxylic acids is 2. The fraction of sp³-hybridized carbons (Fsp3) is 0.263. The third-order valence-electron chi connectivity index (χ3n) is 3.63. The van der Waals surface area contributed by atoms with Gasteiger partial charge in [-0.2, -0.15) is 0 Å². The quantitative estimate of drug-likeness (QED) is 0.722. The van der Waals surface area contributed by atoms with Crippen molar-refractivity contribution >= 4 is 17.6 Å². The van der Waals surface area contributed by atoms with E-state index < -0.39 is 5.91 Å². The number of nitrogens with two attached hydrogens (primary N) is 1. The highest BCUT2D eigenvalue weighted by molar-refractivity contribution is 5.95. The van der Waals surface area contributed by atoms with Gasteiger partial charge in [0.25, 0.3) is 0 Å². The van der Waals surface area contributed by atoms with E-state index in [1.165, 1.54) is 6.07 Å². The molecule has 2 rings (SSSR count). The van der Waals surface area contributed by atoms with Crippen LogP contribution in [0.25, 0.3) is 0 Å². The number of primary amides is 1. The molecule has 0 bridgehead atoms. The summed E-state index contributed by atoms with van der Waals surface area (Å²) in [4.78, 5) is 23.2. The van der Waals surface area contributed by atoms with Crippen LogP contribution in [0.15, 0.2) is 42.5 Å². The summed E-state index contributed by atoms with van der Waals surface area (Å²) in [6.07, 6.45) is 0.958. The van der Waals surface area contributed by atoms with E-state index in [2.05, 4.69) is 17.6 Å². The zero-order valence-electron chi connectivity index (χ0n) is 14.5. The van der Waals surface area contributed by atoms with Crippen molar-refractivity contribution in [2.45, 2.75) is 26.8 Å². The Morgan fingerprint density at radius 2 is 1.96 bits per heavy atom. The molecular weight excluding hydrogens is 318 g/mol. The number of aryl methyl sites for hydroxylation is 1. The Morgan fingerprint density at radius 3 is 2.64 bits per heavy atom. The summed E-state index contributed by atoms with van der Waals surface area (Å²) < 4.78 is 5.59. The van der Waals surface area contributed by atoms with E-state index >= 15 is 0 Å². The zero-order valence-corrected chi connectivity index (χ0v) is 14.5. The zero-order chi connectivity index (χ0) is 18.2. The minimum absolute atomic E-state index is 0.344. The maximum Gasteiger partial charge on any atom is 0.319 e. The fourth-order valence-electron chi connectivity index (χ4n) is 2.28. The van der Waals surface area contributed by atoms with Gasteiger partial charge in [0, 0.05) is 17.8 Å². The molecule has 0 atom stereocenters. The maximum atomic E-state index is 12.0. The molecule has 0 aromatic heterocycles. The molecule has 0 saturated carbocycles. The largest absolute Gasteiger partial charge is 0.494 e.